The fraction of sp³-hybridized carbons (Fsp3) is 0.500. The molecule has 1 unspecified atom stereocenters. The number of aryl methyl sites for hydroxylation is 1. The van der Waals surface area contributed by atoms with Crippen molar-refractivity contribution >= 4 is 5.97 Å². The van der Waals surface area contributed by atoms with Crippen LogP contribution in [0.4, 0.5) is 0 Å². The van der Waals surface area contributed by atoms with Crippen LogP contribution in [0.1, 0.15) is 43.2 Å². The van der Waals surface area contributed by atoms with Gasteiger partial charge in [0, 0.05) is 24.7 Å². The van der Waals surface area contributed by atoms with E-state index in [1.807, 2.05) is 6.92 Å². The molecule has 2 aliphatic heterocycles. The minimum absolute atomic E-state index is 0.123. The molecule has 0 N–H and O–H groups in total. The molecular weight excluding hydrogens is 262 g/mol. The number of esters is 1. The molecule has 0 amide bonds. The van der Waals surface area contributed by atoms with E-state index in [0.717, 1.165) is 25.1 Å². The standard InChI is InChI=1S/C18H23NO2/c1-3-21-18(20)17-15(14-9-7-13(2)8-10-14)12-19-11-5-4-6-16(17)19/h7-10,15H,3-6,11-12H2,1-2H3. The highest BCUT2D eigenvalue weighted by Gasteiger charge is 2.37. The van der Waals surface area contributed by atoms with Gasteiger partial charge in [0.25, 0.3) is 0 Å². The zero-order valence-corrected chi connectivity index (χ0v) is 12.9. The summed E-state index contributed by atoms with van der Waals surface area (Å²) in [6.45, 7) is 6.40. The number of allylic oxidation sites excluding steroid dienone is 1. The van der Waals surface area contributed by atoms with Crippen molar-refractivity contribution in [2.75, 3.05) is 19.7 Å². The quantitative estimate of drug-likeness (QED) is 0.797. The average molecular weight is 285 g/mol. The lowest BCUT2D eigenvalue weighted by Crippen LogP contribution is -2.26. The molecule has 112 valence electrons. The van der Waals surface area contributed by atoms with Crippen LogP contribution in [0.25, 0.3) is 0 Å². The first-order valence-electron chi connectivity index (χ1n) is 7.92. The summed E-state index contributed by atoms with van der Waals surface area (Å²) in [7, 11) is 0. The van der Waals surface area contributed by atoms with Gasteiger partial charge >= 0.3 is 5.97 Å². The van der Waals surface area contributed by atoms with E-state index in [1.165, 1.54) is 29.7 Å². The van der Waals surface area contributed by atoms with E-state index in [1.54, 1.807) is 0 Å². The van der Waals surface area contributed by atoms with E-state index in [9.17, 15) is 4.79 Å². The molecule has 3 rings (SSSR count). The fourth-order valence-electron chi connectivity index (χ4n) is 3.45. The van der Waals surface area contributed by atoms with E-state index in [4.69, 9.17) is 4.74 Å². The largest absolute Gasteiger partial charge is 0.463 e. The summed E-state index contributed by atoms with van der Waals surface area (Å²) in [5.41, 5.74) is 4.61. The molecule has 2 aliphatic rings. The minimum Gasteiger partial charge on any atom is -0.463 e. The molecule has 1 atom stereocenters. The highest BCUT2D eigenvalue weighted by molar-refractivity contribution is 5.92. The molecule has 0 aromatic heterocycles. The van der Waals surface area contributed by atoms with Crippen molar-refractivity contribution in [2.45, 2.75) is 39.0 Å². The van der Waals surface area contributed by atoms with Gasteiger partial charge in [-0.05, 0) is 38.7 Å². The first-order chi connectivity index (χ1) is 10.2. The van der Waals surface area contributed by atoms with Gasteiger partial charge < -0.3 is 9.64 Å². The predicted octanol–water partition coefficient (Wildman–Crippen LogP) is 3.40. The van der Waals surface area contributed by atoms with Crippen LogP contribution in [0, 0.1) is 6.92 Å². The minimum atomic E-state index is -0.123. The van der Waals surface area contributed by atoms with Crippen LogP contribution in [0.15, 0.2) is 35.5 Å². The van der Waals surface area contributed by atoms with Gasteiger partial charge in [0.15, 0.2) is 0 Å². The van der Waals surface area contributed by atoms with E-state index in [2.05, 4.69) is 36.1 Å². The first kappa shape index (κ1) is 14.2. The molecule has 0 saturated carbocycles. The van der Waals surface area contributed by atoms with Crippen molar-refractivity contribution < 1.29 is 9.53 Å². The summed E-state index contributed by atoms with van der Waals surface area (Å²) in [5, 5.41) is 0. The summed E-state index contributed by atoms with van der Waals surface area (Å²) in [6.07, 6.45) is 3.41. The maximum Gasteiger partial charge on any atom is 0.336 e. The van der Waals surface area contributed by atoms with Crippen LogP contribution in [-0.4, -0.2) is 30.6 Å². The number of hydrogen-bond donors (Lipinski definition) is 0. The maximum absolute atomic E-state index is 12.4. The molecule has 1 fully saturated rings. The third kappa shape index (κ3) is 2.69. The Kier molecular flexibility index (Phi) is 4.00. The van der Waals surface area contributed by atoms with Crippen LogP contribution >= 0.6 is 0 Å². The zero-order valence-electron chi connectivity index (χ0n) is 12.9. The summed E-state index contributed by atoms with van der Waals surface area (Å²) >= 11 is 0. The van der Waals surface area contributed by atoms with Crippen molar-refractivity contribution in [3.05, 3.63) is 46.7 Å². The van der Waals surface area contributed by atoms with Crippen LogP contribution in [0.5, 0.6) is 0 Å². The third-order valence-electron chi connectivity index (χ3n) is 4.51. The van der Waals surface area contributed by atoms with Gasteiger partial charge in [-0.3, -0.25) is 0 Å². The number of fused-ring (bicyclic) bond motifs is 1. The molecular formula is C18H23NO2. The smallest absolute Gasteiger partial charge is 0.336 e. The summed E-state index contributed by atoms with van der Waals surface area (Å²) in [5.74, 6) is 0.0419. The van der Waals surface area contributed by atoms with Crippen LogP contribution < -0.4 is 0 Å². The van der Waals surface area contributed by atoms with Crippen LogP contribution in [0.2, 0.25) is 0 Å². The number of rotatable bonds is 3. The Morgan fingerprint density at radius 2 is 2.05 bits per heavy atom. The molecule has 21 heavy (non-hydrogen) atoms. The molecule has 0 spiro atoms. The van der Waals surface area contributed by atoms with Crippen molar-refractivity contribution in [3.63, 3.8) is 0 Å². The molecule has 0 bridgehead atoms. The Labute approximate surface area is 126 Å². The number of benzene rings is 1. The Bertz CT molecular complexity index is 559. The fourth-order valence-corrected chi connectivity index (χ4v) is 3.45. The van der Waals surface area contributed by atoms with Crippen LogP contribution in [0.3, 0.4) is 0 Å². The summed E-state index contributed by atoms with van der Waals surface area (Å²) in [6, 6.07) is 8.55. The highest BCUT2D eigenvalue weighted by Crippen LogP contribution is 2.40. The van der Waals surface area contributed by atoms with Gasteiger partial charge in [-0.2, -0.15) is 0 Å². The van der Waals surface area contributed by atoms with E-state index in [-0.39, 0.29) is 11.9 Å². The monoisotopic (exact) mass is 285 g/mol. The predicted molar refractivity (Wildman–Crippen MR) is 83.0 cm³/mol. The van der Waals surface area contributed by atoms with Crippen molar-refractivity contribution in [1.82, 2.24) is 4.90 Å². The number of ether oxygens (including phenoxy) is 1. The molecule has 2 heterocycles. The third-order valence-corrected chi connectivity index (χ3v) is 4.51. The van der Waals surface area contributed by atoms with Crippen molar-refractivity contribution in [3.8, 4) is 0 Å². The van der Waals surface area contributed by atoms with E-state index in [0.29, 0.717) is 6.61 Å². The van der Waals surface area contributed by atoms with Gasteiger partial charge in [-0.25, -0.2) is 4.79 Å². The van der Waals surface area contributed by atoms with Gasteiger partial charge in [0.1, 0.15) is 0 Å². The molecule has 0 aliphatic carbocycles. The lowest BCUT2D eigenvalue weighted by atomic mass is 9.91. The zero-order chi connectivity index (χ0) is 14.8. The number of piperidine rings is 1. The lowest BCUT2D eigenvalue weighted by molar-refractivity contribution is -0.138. The first-order valence-corrected chi connectivity index (χ1v) is 7.92. The second-order valence-corrected chi connectivity index (χ2v) is 5.95. The number of carbonyl (C=O) groups is 1. The van der Waals surface area contributed by atoms with Gasteiger partial charge in [0.2, 0.25) is 0 Å². The number of hydrogen-bond acceptors (Lipinski definition) is 3. The Hall–Kier alpha value is -1.77. The van der Waals surface area contributed by atoms with Gasteiger partial charge in [-0.1, -0.05) is 29.8 Å². The van der Waals surface area contributed by atoms with Crippen molar-refractivity contribution in [2.24, 2.45) is 0 Å². The normalized spacial score (nSPS) is 21.4. The summed E-state index contributed by atoms with van der Waals surface area (Å²) < 4.78 is 5.33. The Morgan fingerprint density at radius 1 is 1.29 bits per heavy atom. The van der Waals surface area contributed by atoms with E-state index < -0.39 is 0 Å². The Morgan fingerprint density at radius 3 is 2.76 bits per heavy atom. The SMILES string of the molecule is CCOC(=O)C1=C2CCCCN2CC1c1ccc(C)cc1. The average Bonchev–Trinajstić information content (AvgIpc) is 2.87. The lowest BCUT2D eigenvalue weighted by Gasteiger charge is -2.27. The second kappa shape index (κ2) is 5.92. The number of nitrogens with zero attached hydrogens (tertiary/aromatic N) is 1. The Balaban J connectivity index is 1.97. The molecule has 1 aromatic carbocycles. The van der Waals surface area contributed by atoms with Gasteiger partial charge in [0.05, 0.1) is 12.2 Å². The van der Waals surface area contributed by atoms with Crippen molar-refractivity contribution in [1.29, 1.82) is 0 Å². The molecule has 1 saturated heterocycles. The topological polar surface area (TPSA) is 29.5 Å². The second-order valence-electron chi connectivity index (χ2n) is 5.95. The number of carbonyl (C=O) groups excluding carboxylic acids is 1. The van der Waals surface area contributed by atoms with Crippen LogP contribution in [-0.2, 0) is 9.53 Å². The molecule has 3 nitrogen and oxygen atoms in total. The summed E-state index contributed by atoms with van der Waals surface area (Å²) in [4.78, 5) is 14.8. The highest BCUT2D eigenvalue weighted by atomic mass is 16.5. The molecule has 3 heteroatoms. The molecule has 0 radical (unpaired) electrons. The van der Waals surface area contributed by atoms with Gasteiger partial charge in [-0.15, -0.1) is 0 Å². The van der Waals surface area contributed by atoms with E-state index >= 15 is 0 Å². The maximum atomic E-state index is 12.4. The molecule has 1 aromatic rings.